The number of thiol groups is 1. The largest absolute Gasteiger partial charge is 0.481 e. The SMILES string of the molecule is CC(C)(COC(=O)CCC(=O)O)C(O[Si](C)(C)C(C)(C)C)C(=O)NCCC(=O)NCCS. The molecule has 0 saturated heterocycles. The minimum absolute atomic E-state index is 0.111. The Morgan fingerprint density at radius 2 is 1.56 bits per heavy atom. The highest BCUT2D eigenvalue weighted by Gasteiger charge is 2.46. The number of amides is 2. The van der Waals surface area contributed by atoms with Gasteiger partial charge in [-0.15, -0.1) is 0 Å². The van der Waals surface area contributed by atoms with E-state index in [1.54, 1.807) is 13.8 Å². The Bertz CT molecular complexity index is 663. The zero-order valence-electron chi connectivity index (χ0n) is 20.4. The first-order chi connectivity index (χ1) is 14.5. The third-order valence-electron chi connectivity index (χ3n) is 5.40. The maximum Gasteiger partial charge on any atom is 0.306 e. The number of ether oxygens (including phenoxy) is 1. The molecular weight excluding hydrogens is 452 g/mol. The minimum atomic E-state index is -2.37. The van der Waals surface area contributed by atoms with Crippen molar-refractivity contribution in [2.24, 2.45) is 5.41 Å². The van der Waals surface area contributed by atoms with Gasteiger partial charge in [-0.05, 0) is 18.1 Å². The van der Waals surface area contributed by atoms with Crippen molar-refractivity contribution >= 4 is 44.7 Å². The van der Waals surface area contributed by atoms with Crippen molar-refractivity contribution in [2.45, 2.75) is 78.1 Å². The van der Waals surface area contributed by atoms with Crippen LogP contribution in [0.4, 0.5) is 0 Å². The molecule has 0 aliphatic carbocycles. The summed E-state index contributed by atoms with van der Waals surface area (Å²) in [6.07, 6.45) is -1.36. The van der Waals surface area contributed by atoms with Crippen LogP contribution in [0.5, 0.6) is 0 Å². The second-order valence-electron chi connectivity index (χ2n) is 9.92. The lowest BCUT2D eigenvalue weighted by Gasteiger charge is -2.43. The molecule has 0 aromatic heterocycles. The monoisotopic (exact) mass is 492 g/mol. The number of carbonyl (C=O) groups is 4. The van der Waals surface area contributed by atoms with Gasteiger partial charge in [0.15, 0.2) is 8.32 Å². The van der Waals surface area contributed by atoms with Crippen molar-refractivity contribution in [1.82, 2.24) is 10.6 Å². The van der Waals surface area contributed by atoms with Gasteiger partial charge in [0.2, 0.25) is 11.8 Å². The van der Waals surface area contributed by atoms with Crippen LogP contribution in [0.25, 0.3) is 0 Å². The van der Waals surface area contributed by atoms with E-state index in [2.05, 4.69) is 44.0 Å². The van der Waals surface area contributed by atoms with Crippen LogP contribution in [0.2, 0.25) is 18.1 Å². The highest BCUT2D eigenvalue weighted by atomic mass is 32.1. The number of carboxylic acid groups (broad SMARTS) is 1. The fourth-order valence-corrected chi connectivity index (χ4v) is 3.82. The quantitative estimate of drug-likeness (QED) is 0.166. The highest BCUT2D eigenvalue weighted by molar-refractivity contribution is 7.80. The summed E-state index contributed by atoms with van der Waals surface area (Å²) in [7, 11) is -2.37. The number of rotatable bonds is 14. The van der Waals surface area contributed by atoms with Gasteiger partial charge < -0.3 is 24.9 Å². The van der Waals surface area contributed by atoms with Crippen molar-refractivity contribution in [2.75, 3.05) is 25.4 Å². The smallest absolute Gasteiger partial charge is 0.306 e. The highest BCUT2D eigenvalue weighted by Crippen LogP contribution is 2.40. The Balaban J connectivity index is 5.31. The summed E-state index contributed by atoms with van der Waals surface area (Å²) in [6.45, 7) is 14.2. The predicted octanol–water partition coefficient (Wildman–Crippen LogP) is 2.36. The van der Waals surface area contributed by atoms with Gasteiger partial charge in [-0.25, -0.2) is 0 Å². The molecule has 9 nitrogen and oxygen atoms in total. The van der Waals surface area contributed by atoms with E-state index in [1.165, 1.54) is 0 Å². The zero-order chi connectivity index (χ0) is 25.2. The van der Waals surface area contributed by atoms with Crippen molar-refractivity contribution in [3.63, 3.8) is 0 Å². The van der Waals surface area contributed by atoms with Crippen molar-refractivity contribution in [3.8, 4) is 0 Å². The first kappa shape index (κ1) is 30.4. The summed E-state index contributed by atoms with van der Waals surface area (Å²) in [5.74, 6) is -1.78. The molecule has 2 amide bonds. The summed E-state index contributed by atoms with van der Waals surface area (Å²) in [5, 5.41) is 14.0. The fraction of sp³-hybridized carbons (Fsp3) is 0.810. The zero-order valence-corrected chi connectivity index (χ0v) is 22.3. The molecule has 0 saturated carbocycles. The summed E-state index contributed by atoms with van der Waals surface area (Å²) in [6, 6.07) is 0. The molecule has 11 heteroatoms. The topological polar surface area (TPSA) is 131 Å². The molecule has 0 aromatic rings. The molecule has 0 bridgehead atoms. The lowest BCUT2D eigenvalue weighted by atomic mass is 9.87. The van der Waals surface area contributed by atoms with E-state index in [0.29, 0.717) is 12.3 Å². The molecule has 0 aliphatic heterocycles. The number of hydrogen-bond donors (Lipinski definition) is 4. The van der Waals surface area contributed by atoms with Gasteiger partial charge in [0.1, 0.15) is 6.10 Å². The predicted molar refractivity (Wildman–Crippen MR) is 128 cm³/mol. The molecule has 1 atom stereocenters. The van der Waals surface area contributed by atoms with Gasteiger partial charge in [0.25, 0.3) is 0 Å². The summed E-state index contributed by atoms with van der Waals surface area (Å²) in [4.78, 5) is 47.4. The molecule has 0 spiro atoms. The number of nitrogens with one attached hydrogen (secondary N) is 2. The van der Waals surface area contributed by atoms with Crippen LogP contribution >= 0.6 is 12.6 Å². The number of carbonyl (C=O) groups excluding carboxylic acids is 3. The molecule has 0 rings (SSSR count). The molecule has 0 aliphatic rings. The Kier molecular flexibility index (Phi) is 12.5. The molecular formula is C21H40N2O7SSi. The summed E-state index contributed by atoms with van der Waals surface area (Å²) < 4.78 is 11.7. The second-order valence-corrected chi connectivity index (χ2v) is 15.1. The number of aliphatic carboxylic acids is 1. The number of esters is 1. The van der Waals surface area contributed by atoms with Crippen molar-refractivity contribution < 1.29 is 33.4 Å². The molecule has 3 N–H and O–H groups in total. The Morgan fingerprint density at radius 1 is 0.969 bits per heavy atom. The van der Waals surface area contributed by atoms with Crippen molar-refractivity contribution in [3.05, 3.63) is 0 Å². The Labute approximate surface area is 197 Å². The van der Waals surface area contributed by atoms with E-state index in [4.69, 9.17) is 14.3 Å². The maximum absolute atomic E-state index is 13.1. The van der Waals surface area contributed by atoms with E-state index in [0.717, 1.165) is 0 Å². The Morgan fingerprint density at radius 3 is 2.06 bits per heavy atom. The lowest BCUT2D eigenvalue weighted by molar-refractivity contribution is -0.154. The normalized spacial score (nSPS) is 13.2. The molecule has 186 valence electrons. The second kappa shape index (κ2) is 13.2. The van der Waals surface area contributed by atoms with Gasteiger partial charge in [-0.1, -0.05) is 34.6 Å². The maximum atomic E-state index is 13.1. The fourth-order valence-electron chi connectivity index (χ4n) is 2.34. The van der Waals surface area contributed by atoms with E-state index >= 15 is 0 Å². The first-order valence-corrected chi connectivity index (χ1v) is 14.3. The first-order valence-electron chi connectivity index (χ1n) is 10.7. The van der Waals surface area contributed by atoms with Crippen LogP contribution in [0.15, 0.2) is 0 Å². The molecule has 0 aromatic carbocycles. The van der Waals surface area contributed by atoms with Crippen LogP contribution in [0.1, 0.15) is 53.9 Å². The molecule has 0 radical (unpaired) electrons. The molecule has 32 heavy (non-hydrogen) atoms. The van der Waals surface area contributed by atoms with Gasteiger partial charge in [-0.2, -0.15) is 12.6 Å². The van der Waals surface area contributed by atoms with Crippen LogP contribution in [-0.2, 0) is 28.3 Å². The van der Waals surface area contributed by atoms with Gasteiger partial charge >= 0.3 is 11.9 Å². The third kappa shape index (κ3) is 11.3. The minimum Gasteiger partial charge on any atom is -0.481 e. The Hall–Kier alpha value is -1.59. The van der Waals surface area contributed by atoms with E-state index < -0.39 is 31.8 Å². The van der Waals surface area contributed by atoms with Crippen molar-refractivity contribution in [1.29, 1.82) is 0 Å². The van der Waals surface area contributed by atoms with E-state index in [-0.39, 0.29) is 49.3 Å². The number of hydrogen-bond acceptors (Lipinski definition) is 7. The van der Waals surface area contributed by atoms with Crippen LogP contribution < -0.4 is 10.6 Å². The van der Waals surface area contributed by atoms with Gasteiger partial charge in [0, 0.05) is 30.7 Å². The van der Waals surface area contributed by atoms with E-state index in [9.17, 15) is 19.2 Å². The van der Waals surface area contributed by atoms with Crippen LogP contribution in [0, 0.1) is 5.41 Å². The molecule has 0 heterocycles. The summed E-state index contributed by atoms with van der Waals surface area (Å²) in [5.41, 5.74) is -0.882. The third-order valence-corrected chi connectivity index (χ3v) is 10.1. The van der Waals surface area contributed by atoms with Gasteiger partial charge in [-0.3, -0.25) is 19.2 Å². The molecule has 1 unspecified atom stereocenters. The lowest BCUT2D eigenvalue weighted by Crippen LogP contribution is -2.55. The van der Waals surface area contributed by atoms with E-state index in [1.807, 2.05) is 13.1 Å². The van der Waals surface area contributed by atoms with Crippen LogP contribution in [-0.4, -0.2) is 68.7 Å². The standard InChI is InChI=1S/C21H40N2O7SSi/c1-20(2,3)32(6,7)30-18(19(28)23-11-10-15(24)22-12-13-31)21(4,5)14-29-17(27)9-8-16(25)26/h18,31H,8-14H2,1-7H3,(H,22,24)(H,23,28)(H,25,26). The average molecular weight is 493 g/mol. The average Bonchev–Trinajstić information content (AvgIpc) is 2.66. The van der Waals surface area contributed by atoms with Crippen LogP contribution in [0.3, 0.4) is 0 Å². The summed E-state index contributed by atoms with van der Waals surface area (Å²) >= 11 is 4.04. The number of carboxylic acids is 1. The van der Waals surface area contributed by atoms with Gasteiger partial charge in [0.05, 0.1) is 19.4 Å². The molecule has 0 fully saturated rings.